The zero-order chi connectivity index (χ0) is 17.1. The van der Waals surface area contributed by atoms with E-state index in [1.54, 1.807) is 23.6 Å². The monoisotopic (exact) mass is 369 g/mol. The minimum absolute atomic E-state index is 0.0487. The normalized spacial score (nSPS) is 13.8. The van der Waals surface area contributed by atoms with Gasteiger partial charge in [-0.05, 0) is 36.4 Å². The fraction of sp³-hybridized carbons (Fsp3) is 0.250. The number of hydrogen-bond acceptors (Lipinski definition) is 5. The molecule has 0 unspecified atom stereocenters. The van der Waals surface area contributed by atoms with Crippen molar-refractivity contribution in [3.63, 3.8) is 0 Å². The topological polar surface area (TPSA) is 55.4 Å². The number of halogens is 2. The minimum Gasteiger partial charge on any atom is -0.422 e. The smallest absolute Gasteiger partial charge is 0.354 e. The summed E-state index contributed by atoms with van der Waals surface area (Å²) in [5.74, 6) is -3.04. The van der Waals surface area contributed by atoms with Crippen LogP contribution in [0, 0.1) is 5.92 Å². The first-order valence-electron chi connectivity index (χ1n) is 7.18. The first-order valence-corrected chi connectivity index (χ1v) is 8.94. The molecule has 1 N–H and O–H groups in total. The van der Waals surface area contributed by atoms with E-state index in [1.165, 1.54) is 12.1 Å². The van der Waals surface area contributed by atoms with Gasteiger partial charge >= 0.3 is 5.97 Å². The summed E-state index contributed by atoms with van der Waals surface area (Å²) in [6.07, 6.45) is 1.78. The van der Waals surface area contributed by atoms with E-state index in [9.17, 15) is 18.4 Å². The molecule has 126 valence electrons. The molecule has 1 aliphatic rings. The highest BCUT2D eigenvalue weighted by Crippen LogP contribution is 2.33. The predicted molar refractivity (Wildman–Crippen MR) is 88.9 cm³/mol. The molecule has 2 aromatic rings. The lowest BCUT2D eigenvalue weighted by atomic mass is 10.3. The number of carbonyl (C=O) groups is 2. The Bertz CT molecular complexity index is 759. The maximum Gasteiger partial charge on any atom is 0.354 e. The van der Waals surface area contributed by atoms with E-state index < -0.39 is 11.7 Å². The van der Waals surface area contributed by atoms with E-state index in [0.29, 0.717) is 17.4 Å². The van der Waals surface area contributed by atoms with Crippen molar-refractivity contribution in [3.05, 3.63) is 40.6 Å². The number of amides is 1. The molecule has 1 aliphatic carbocycles. The second kappa shape index (κ2) is 7.31. The van der Waals surface area contributed by atoms with Gasteiger partial charge in [-0.15, -0.1) is 11.3 Å². The van der Waals surface area contributed by atoms with Crippen LogP contribution in [0.3, 0.4) is 0 Å². The summed E-state index contributed by atoms with van der Waals surface area (Å²) in [6, 6.07) is 7.91. The van der Waals surface area contributed by atoms with E-state index in [0.717, 1.165) is 24.2 Å². The molecule has 8 heteroatoms. The largest absolute Gasteiger partial charge is 0.422 e. The maximum absolute atomic E-state index is 12.5. The number of carbonyl (C=O) groups excluding carboxylic acids is 2. The van der Waals surface area contributed by atoms with Crippen LogP contribution in [0.15, 0.2) is 40.6 Å². The fourth-order valence-corrected chi connectivity index (χ4v) is 3.58. The van der Waals surface area contributed by atoms with Gasteiger partial charge in [-0.25, -0.2) is 4.79 Å². The molecule has 0 bridgehead atoms. The van der Waals surface area contributed by atoms with Crippen molar-refractivity contribution in [1.29, 1.82) is 0 Å². The lowest BCUT2D eigenvalue weighted by Gasteiger charge is -2.08. The molecular weight excluding hydrogens is 356 g/mol. The molecule has 0 aliphatic heterocycles. The lowest BCUT2D eigenvalue weighted by Crippen LogP contribution is -2.13. The van der Waals surface area contributed by atoms with Crippen LogP contribution >= 0.6 is 23.1 Å². The zero-order valence-electron chi connectivity index (χ0n) is 12.3. The summed E-state index contributed by atoms with van der Waals surface area (Å²) in [6.45, 7) is 0. The van der Waals surface area contributed by atoms with Crippen LogP contribution in [-0.2, 0) is 4.79 Å². The number of thioether (sulfide) groups is 1. The molecule has 1 heterocycles. The van der Waals surface area contributed by atoms with Crippen molar-refractivity contribution < 1.29 is 23.1 Å². The van der Waals surface area contributed by atoms with Gasteiger partial charge in [0.25, 0.3) is 5.76 Å². The number of benzene rings is 1. The van der Waals surface area contributed by atoms with Crippen LogP contribution in [0.1, 0.15) is 22.5 Å². The second-order valence-electron chi connectivity index (χ2n) is 5.17. The average Bonchev–Trinajstić information content (AvgIpc) is 3.28. The number of nitrogens with one attached hydrogen (secondary N) is 1. The number of alkyl halides is 2. The van der Waals surface area contributed by atoms with Crippen LogP contribution in [0.4, 0.5) is 14.5 Å². The number of thiophene rings is 1. The molecule has 24 heavy (non-hydrogen) atoms. The molecule has 1 amide bonds. The summed E-state index contributed by atoms with van der Waals surface area (Å²) in [5.41, 5.74) is 0.533. The Morgan fingerprint density at radius 1 is 1.29 bits per heavy atom. The highest BCUT2D eigenvalue weighted by atomic mass is 32.2. The van der Waals surface area contributed by atoms with Gasteiger partial charge in [0.1, 0.15) is 10.6 Å². The van der Waals surface area contributed by atoms with Crippen molar-refractivity contribution in [2.75, 3.05) is 5.32 Å². The van der Waals surface area contributed by atoms with Gasteiger partial charge in [0, 0.05) is 22.6 Å². The summed E-state index contributed by atoms with van der Waals surface area (Å²) in [7, 11) is 0. The van der Waals surface area contributed by atoms with E-state index in [4.69, 9.17) is 4.74 Å². The van der Waals surface area contributed by atoms with Gasteiger partial charge in [0.15, 0.2) is 0 Å². The van der Waals surface area contributed by atoms with Crippen molar-refractivity contribution in [2.45, 2.75) is 23.5 Å². The van der Waals surface area contributed by atoms with E-state index in [2.05, 4.69) is 5.32 Å². The SMILES string of the molecule is O=C(Oc1cccc(NC(=O)C2CC2)c1)c1sccc1SC(F)F. The molecule has 1 aromatic heterocycles. The number of anilines is 1. The number of ether oxygens (including phenoxy) is 1. The Morgan fingerprint density at radius 3 is 2.79 bits per heavy atom. The van der Waals surface area contributed by atoms with E-state index in [1.807, 2.05) is 0 Å². The van der Waals surface area contributed by atoms with Crippen LogP contribution in [0.2, 0.25) is 0 Å². The maximum atomic E-state index is 12.5. The van der Waals surface area contributed by atoms with E-state index >= 15 is 0 Å². The lowest BCUT2D eigenvalue weighted by molar-refractivity contribution is -0.117. The highest BCUT2D eigenvalue weighted by molar-refractivity contribution is 7.99. The first kappa shape index (κ1) is 16.9. The second-order valence-corrected chi connectivity index (χ2v) is 7.12. The van der Waals surface area contributed by atoms with Gasteiger partial charge in [-0.2, -0.15) is 8.78 Å². The summed E-state index contributed by atoms with van der Waals surface area (Å²) in [5, 5.41) is 4.32. The number of esters is 1. The van der Waals surface area contributed by atoms with Gasteiger partial charge < -0.3 is 10.1 Å². The van der Waals surface area contributed by atoms with E-state index in [-0.39, 0.29) is 27.3 Å². The molecule has 0 spiro atoms. The Morgan fingerprint density at radius 2 is 2.08 bits per heavy atom. The summed E-state index contributed by atoms with van der Waals surface area (Å²) < 4.78 is 30.2. The summed E-state index contributed by atoms with van der Waals surface area (Å²) >= 11 is 1.36. The Labute approximate surface area is 145 Å². The van der Waals surface area contributed by atoms with Crippen molar-refractivity contribution >= 4 is 40.7 Å². The zero-order valence-corrected chi connectivity index (χ0v) is 14.0. The third kappa shape index (κ3) is 4.33. The van der Waals surface area contributed by atoms with Gasteiger partial charge in [0.05, 0.1) is 0 Å². The molecule has 4 nitrogen and oxygen atoms in total. The molecule has 1 saturated carbocycles. The van der Waals surface area contributed by atoms with Gasteiger partial charge in [-0.1, -0.05) is 17.8 Å². The van der Waals surface area contributed by atoms with Crippen molar-refractivity contribution in [3.8, 4) is 5.75 Å². The Hall–Kier alpha value is -1.93. The van der Waals surface area contributed by atoms with Crippen molar-refractivity contribution in [1.82, 2.24) is 0 Å². The third-order valence-electron chi connectivity index (χ3n) is 3.29. The highest BCUT2D eigenvalue weighted by Gasteiger charge is 2.29. The Kier molecular flexibility index (Phi) is 5.15. The first-order chi connectivity index (χ1) is 11.5. The number of rotatable bonds is 6. The Balaban J connectivity index is 1.68. The molecular formula is C16H13F2NO3S2. The van der Waals surface area contributed by atoms with Crippen LogP contribution < -0.4 is 10.1 Å². The fourth-order valence-electron chi connectivity index (χ4n) is 2.02. The molecule has 1 aromatic carbocycles. The minimum atomic E-state index is -2.60. The van der Waals surface area contributed by atoms with Crippen LogP contribution in [0.5, 0.6) is 5.75 Å². The predicted octanol–water partition coefficient (Wildman–Crippen LogP) is 4.63. The average molecular weight is 369 g/mol. The molecule has 0 radical (unpaired) electrons. The molecule has 1 fully saturated rings. The van der Waals surface area contributed by atoms with Crippen LogP contribution in [-0.4, -0.2) is 17.6 Å². The van der Waals surface area contributed by atoms with Crippen LogP contribution in [0.25, 0.3) is 0 Å². The summed E-state index contributed by atoms with van der Waals surface area (Å²) in [4.78, 5) is 24.2. The third-order valence-corrected chi connectivity index (χ3v) is 5.09. The molecule has 3 rings (SSSR count). The quantitative estimate of drug-likeness (QED) is 0.458. The standard InChI is InChI=1S/C16H13F2NO3S2/c17-16(18)24-12-6-7-23-13(12)15(21)22-11-3-1-2-10(8-11)19-14(20)9-4-5-9/h1-3,6-9,16H,4-5H2,(H,19,20). The van der Waals surface area contributed by atoms with Gasteiger partial charge in [-0.3, -0.25) is 4.79 Å². The molecule has 0 saturated heterocycles. The number of hydrogen-bond donors (Lipinski definition) is 1. The van der Waals surface area contributed by atoms with Crippen molar-refractivity contribution in [2.24, 2.45) is 5.92 Å². The molecule has 0 atom stereocenters. The van der Waals surface area contributed by atoms with Gasteiger partial charge in [0.2, 0.25) is 5.91 Å².